The van der Waals surface area contributed by atoms with Crippen molar-refractivity contribution in [3.05, 3.63) is 77.2 Å². The molecule has 138 valence electrons. The minimum Gasteiger partial charge on any atom is -0.465 e. The number of aromatic nitrogens is 3. The van der Waals surface area contributed by atoms with E-state index in [1.54, 1.807) is 18.3 Å². The number of benzene rings is 1. The fourth-order valence-electron chi connectivity index (χ4n) is 3.56. The van der Waals surface area contributed by atoms with Crippen molar-refractivity contribution >= 4 is 5.97 Å². The van der Waals surface area contributed by atoms with E-state index in [9.17, 15) is 4.79 Å². The lowest BCUT2D eigenvalue weighted by Crippen LogP contribution is -2.25. The molecule has 4 rings (SSSR count). The van der Waals surface area contributed by atoms with Crippen molar-refractivity contribution in [1.29, 1.82) is 0 Å². The number of hydrogen-bond acceptors (Lipinski definition) is 5. The van der Waals surface area contributed by atoms with Gasteiger partial charge in [-0.05, 0) is 49.1 Å². The van der Waals surface area contributed by atoms with E-state index >= 15 is 0 Å². The Morgan fingerprint density at radius 1 is 1.26 bits per heavy atom. The highest BCUT2D eigenvalue weighted by Crippen LogP contribution is 2.31. The Bertz CT molecular complexity index is 919. The van der Waals surface area contributed by atoms with E-state index in [4.69, 9.17) is 4.74 Å². The van der Waals surface area contributed by atoms with Crippen LogP contribution in [0, 0.1) is 0 Å². The Labute approximate surface area is 158 Å². The van der Waals surface area contributed by atoms with Crippen molar-refractivity contribution in [3.63, 3.8) is 0 Å². The second-order valence-corrected chi connectivity index (χ2v) is 6.66. The fourth-order valence-corrected chi connectivity index (χ4v) is 3.56. The lowest BCUT2D eigenvalue weighted by molar-refractivity contribution is 0.0600. The largest absolute Gasteiger partial charge is 0.465 e. The van der Waals surface area contributed by atoms with Gasteiger partial charge in [0.05, 0.1) is 24.6 Å². The first kappa shape index (κ1) is 17.4. The highest BCUT2D eigenvalue weighted by molar-refractivity contribution is 5.89. The second kappa shape index (κ2) is 7.72. The number of fused-ring (bicyclic) bond motifs is 1. The number of rotatable bonds is 5. The topological polar surface area (TPSA) is 69.0 Å². The molecule has 0 saturated carbocycles. The van der Waals surface area contributed by atoms with Crippen LogP contribution in [0.15, 0.2) is 54.9 Å². The molecule has 1 atom stereocenters. The maximum Gasteiger partial charge on any atom is 0.337 e. The van der Waals surface area contributed by atoms with Gasteiger partial charge in [-0.3, -0.25) is 0 Å². The Hall–Kier alpha value is -2.99. The molecule has 0 saturated heterocycles. The number of methoxy groups -OCH3 is 1. The van der Waals surface area contributed by atoms with E-state index in [1.807, 2.05) is 41.2 Å². The van der Waals surface area contributed by atoms with Crippen LogP contribution in [-0.4, -0.2) is 27.8 Å². The van der Waals surface area contributed by atoms with Crippen molar-refractivity contribution in [2.24, 2.45) is 0 Å². The molecule has 1 aliphatic carbocycles. The van der Waals surface area contributed by atoms with Gasteiger partial charge in [-0.15, -0.1) is 0 Å². The minimum atomic E-state index is -0.312. The number of ether oxygens (including phenoxy) is 1. The van der Waals surface area contributed by atoms with Gasteiger partial charge < -0.3 is 10.1 Å². The molecule has 3 aromatic rings. The van der Waals surface area contributed by atoms with E-state index in [1.165, 1.54) is 18.4 Å². The first-order valence-corrected chi connectivity index (χ1v) is 9.15. The van der Waals surface area contributed by atoms with E-state index in [0.29, 0.717) is 5.56 Å². The Kier molecular flexibility index (Phi) is 4.98. The number of nitrogens with one attached hydrogen (secondary N) is 1. The van der Waals surface area contributed by atoms with Gasteiger partial charge in [0.25, 0.3) is 0 Å². The molecule has 6 heteroatoms. The molecule has 0 aliphatic heterocycles. The van der Waals surface area contributed by atoms with Gasteiger partial charge in [0.15, 0.2) is 5.82 Å². The zero-order valence-electron chi connectivity index (χ0n) is 15.3. The van der Waals surface area contributed by atoms with Crippen LogP contribution in [0.5, 0.6) is 0 Å². The number of carbonyl (C=O) groups is 1. The number of carbonyl (C=O) groups excluding carboxylic acids is 1. The van der Waals surface area contributed by atoms with E-state index in [-0.39, 0.29) is 12.0 Å². The Morgan fingerprint density at radius 2 is 2.11 bits per heavy atom. The normalized spacial score (nSPS) is 16.0. The molecule has 1 aromatic carbocycles. The number of esters is 1. The lowest BCUT2D eigenvalue weighted by atomic mass is 9.92. The van der Waals surface area contributed by atoms with Crippen LogP contribution in [0.25, 0.3) is 5.82 Å². The zero-order chi connectivity index (χ0) is 18.6. The summed E-state index contributed by atoms with van der Waals surface area (Å²) in [6.07, 6.45) is 6.96. The highest BCUT2D eigenvalue weighted by atomic mass is 16.5. The summed E-state index contributed by atoms with van der Waals surface area (Å²) in [7, 11) is 1.39. The third-order valence-corrected chi connectivity index (χ3v) is 4.98. The lowest BCUT2D eigenvalue weighted by Gasteiger charge is -2.24. The van der Waals surface area contributed by atoms with Crippen molar-refractivity contribution in [2.75, 3.05) is 7.11 Å². The van der Waals surface area contributed by atoms with Crippen LogP contribution < -0.4 is 5.32 Å². The quantitative estimate of drug-likeness (QED) is 0.706. The van der Waals surface area contributed by atoms with Gasteiger partial charge in [0.2, 0.25) is 0 Å². The van der Waals surface area contributed by atoms with Gasteiger partial charge in [-0.1, -0.05) is 18.2 Å². The molecule has 2 heterocycles. The van der Waals surface area contributed by atoms with Crippen LogP contribution in [0.2, 0.25) is 0 Å². The highest BCUT2D eigenvalue weighted by Gasteiger charge is 2.24. The summed E-state index contributed by atoms with van der Waals surface area (Å²) in [4.78, 5) is 16.0. The van der Waals surface area contributed by atoms with Gasteiger partial charge in [0, 0.05) is 24.3 Å². The third-order valence-electron chi connectivity index (χ3n) is 4.98. The smallest absolute Gasteiger partial charge is 0.337 e. The second-order valence-electron chi connectivity index (χ2n) is 6.66. The summed E-state index contributed by atoms with van der Waals surface area (Å²) in [5.41, 5.74) is 4.18. The summed E-state index contributed by atoms with van der Waals surface area (Å²) in [6.45, 7) is 0.736. The van der Waals surface area contributed by atoms with Crippen LogP contribution >= 0.6 is 0 Å². The van der Waals surface area contributed by atoms with E-state index in [0.717, 1.165) is 37.2 Å². The maximum absolute atomic E-state index is 11.5. The van der Waals surface area contributed by atoms with E-state index < -0.39 is 0 Å². The first-order chi connectivity index (χ1) is 13.3. The van der Waals surface area contributed by atoms with Crippen LogP contribution in [0.4, 0.5) is 0 Å². The van der Waals surface area contributed by atoms with Gasteiger partial charge >= 0.3 is 5.97 Å². The molecular weight excluding hydrogens is 340 g/mol. The molecule has 0 amide bonds. The van der Waals surface area contributed by atoms with Crippen molar-refractivity contribution in [1.82, 2.24) is 20.1 Å². The summed E-state index contributed by atoms with van der Waals surface area (Å²) in [6, 6.07) is 13.7. The van der Waals surface area contributed by atoms with Crippen molar-refractivity contribution < 1.29 is 9.53 Å². The summed E-state index contributed by atoms with van der Waals surface area (Å²) < 4.78 is 6.69. The third kappa shape index (κ3) is 3.61. The van der Waals surface area contributed by atoms with Crippen molar-refractivity contribution in [2.45, 2.75) is 31.8 Å². The molecule has 0 spiro atoms. The number of hydrogen-bond donors (Lipinski definition) is 1. The first-order valence-electron chi connectivity index (χ1n) is 9.15. The molecule has 0 radical (unpaired) electrons. The minimum absolute atomic E-state index is 0.270. The molecule has 1 aliphatic rings. The molecular formula is C21H22N4O2. The average Bonchev–Trinajstić information content (AvgIpc) is 3.17. The molecule has 0 bridgehead atoms. The van der Waals surface area contributed by atoms with Crippen molar-refractivity contribution in [3.8, 4) is 5.82 Å². The molecule has 0 fully saturated rings. The molecule has 27 heavy (non-hydrogen) atoms. The predicted molar refractivity (Wildman–Crippen MR) is 102 cm³/mol. The summed E-state index contributed by atoms with van der Waals surface area (Å²) >= 11 is 0. The number of nitrogens with zero attached hydrogens (tertiary/aromatic N) is 3. The molecule has 2 aromatic heterocycles. The van der Waals surface area contributed by atoms with Gasteiger partial charge in [-0.2, -0.15) is 5.10 Å². The predicted octanol–water partition coefficient (Wildman–Crippen LogP) is 3.22. The standard InChI is InChI=1S/C21H22N4O2/c1-27-21(26)16-10-8-15(9-11-16)13-23-18-5-4-6-19-17(18)14-24-25(19)20-7-2-3-12-22-20/h2-3,7-12,14,18,23H,4-6,13H2,1H3. The fraction of sp³-hybridized carbons (Fsp3) is 0.286. The van der Waals surface area contributed by atoms with Crippen LogP contribution in [-0.2, 0) is 17.7 Å². The SMILES string of the molecule is COC(=O)c1ccc(CNC2CCCc3c2cnn3-c2ccccn2)cc1. The molecule has 1 unspecified atom stereocenters. The zero-order valence-corrected chi connectivity index (χ0v) is 15.3. The Morgan fingerprint density at radius 3 is 2.85 bits per heavy atom. The van der Waals surface area contributed by atoms with Crippen LogP contribution in [0.3, 0.4) is 0 Å². The summed E-state index contributed by atoms with van der Waals surface area (Å²) in [5, 5.41) is 8.21. The van der Waals surface area contributed by atoms with Crippen LogP contribution in [0.1, 0.15) is 46.1 Å². The van der Waals surface area contributed by atoms with Gasteiger partial charge in [-0.25, -0.2) is 14.5 Å². The average molecular weight is 362 g/mol. The van der Waals surface area contributed by atoms with E-state index in [2.05, 4.69) is 15.4 Å². The molecule has 6 nitrogen and oxygen atoms in total. The van der Waals surface area contributed by atoms with Gasteiger partial charge in [0.1, 0.15) is 0 Å². The summed E-state index contributed by atoms with van der Waals surface area (Å²) in [5.74, 6) is 0.547. The number of pyridine rings is 1. The Balaban J connectivity index is 1.47. The maximum atomic E-state index is 11.5. The molecule has 1 N–H and O–H groups in total. The monoisotopic (exact) mass is 362 g/mol.